The predicted octanol–water partition coefficient (Wildman–Crippen LogP) is 1.87. The lowest BCUT2D eigenvalue weighted by Crippen LogP contribution is -2.32. The molecule has 1 aromatic carbocycles. The van der Waals surface area contributed by atoms with E-state index < -0.39 is 11.6 Å². The van der Waals surface area contributed by atoms with Crippen molar-refractivity contribution in [2.75, 3.05) is 13.2 Å². The van der Waals surface area contributed by atoms with E-state index in [1.165, 1.54) is 6.07 Å². The first-order valence-electron chi connectivity index (χ1n) is 5.44. The lowest BCUT2D eigenvalue weighted by Gasteiger charge is -2.17. The molecule has 0 bridgehead atoms. The highest BCUT2D eigenvalue weighted by atomic mass is 19.2. The molecular weight excluding hydrogens is 212 g/mol. The monoisotopic (exact) mass is 227 g/mol. The third-order valence-corrected chi connectivity index (χ3v) is 3.03. The van der Waals surface area contributed by atoms with E-state index in [0.717, 1.165) is 24.7 Å². The molecular formula is C12H15F2NO. The molecule has 1 saturated heterocycles. The topological polar surface area (TPSA) is 35.2 Å². The molecule has 2 rings (SSSR count). The minimum atomic E-state index is -0.818. The van der Waals surface area contributed by atoms with Crippen molar-refractivity contribution < 1.29 is 13.5 Å². The predicted molar refractivity (Wildman–Crippen MR) is 57.0 cm³/mol. The summed E-state index contributed by atoms with van der Waals surface area (Å²) >= 11 is 0. The molecule has 1 aliphatic heterocycles. The molecule has 0 aliphatic carbocycles. The number of benzene rings is 1. The van der Waals surface area contributed by atoms with Crippen LogP contribution in [-0.2, 0) is 11.2 Å². The number of hydrogen-bond donors (Lipinski definition) is 1. The van der Waals surface area contributed by atoms with Crippen molar-refractivity contribution in [1.29, 1.82) is 0 Å². The number of halogens is 2. The van der Waals surface area contributed by atoms with Gasteiger partial charge in [0.25, 0.3) is 0 Å². The standard InChI is InChI=1S/C12H15F2NO/c13-10-2-1-8(5-11(10)14)6-12(15)9-3-4-16-7-9/h1-2,5,9,12H,3-4,6-7,15H2/t9-,12+/m1/s1. The Hall–Kier alpha value is -1.00. The minimum Gasteiger partial charge on any atom is -0.381 e. The van der Waals surface area contributed by atoms with E-state index in [0.29, 0.717) is 18.9 Å². The van der Waals surface area contributed by atoms with Gasteiger partial charge in [-0.1, -0.05) is 6.07 Å². The highest BCUT2D eigenvalue weighted by Gasteiger charge is 2.23. The van der Waals surface area contributed by atoms with E-state index in [4.69, 9.17) is 10.5 Å². The Morgan fingerprint density at radius 2 is 2.19 bits per heavy atom. The van der Waals surface area contributed by atoms with Gasteiger partial charge in [0.1, 0.15) is 0 Å². The fourth-order valence-electron chi connectivity index (χ4n) is 2.00. The van der Waals surface area contributed by atoms with Crippen molar-refractivity contribution in [1.82, 2.24) is 0 Å². The van der Waals surface area contributed by atoms with Crippen LogP contribution in [0.1, 0.15) is 12.0 Å². The smallest absolute Gasteiger partial charge is 0.159 e. The molecule has 0 radical (unpaired) electrons. The Morgan fingerprint density at radius 1 is 1.38 bits per heavy atom. The molecule has 2 N–H and O–H groups in total. The van der Waals surface area contributed by atoms with E-state index in [1.54, 1.807) is 6.07 Å². The molecule has 0 amide bonds. The Balaban J connectivity index is 1.99. The van der Waals surface area contributed by atoms with E-state index >= 15 is 0 Å². The summed E-state index contributed by atoms with van der Waals surface area (Å²) in [7, 11) is 0. The van der Waals surface area contributed by atoms with Crippen LogP contribution < -0.4 is 5.73 Å². The molecule has 0 unspecified atom stereocenters. The Kier molecular flexibility index (Phi) is 3.51. The Labute approximate surface area is 93.4 Å². The molecule has 16 heavy (non-hydrogen) atoms. The summed E-state index contributed by atoms with van der Waals surface area (Å²) in [6, 6.07) is 3.88. The van der Waals surface area contributed by atoms with Crippen LogP contribution in [0, 0.1) is 17.6 Å². The summed E-state index contributed by atoms with van der Waals surface area (Å²) in [6.07, 6.45) is 1.51. The van der Waals surface area contributed by atoms with Gasteiger partial charge in [0.15, 0.2) is 11.6 Å². The number of rotatable bonds is 3. The second-order valence-corrected chi connectivity index (χ2v) is 4.24. The van der Waals surface area contributed by atoms with Crippen molar-refractivity contribution in [3.63, 3.8) is 0 Å². The molecule has 0 saturated carbocycles. The molecule has 1 heterocycles. The third kappa shape index (κ3) is 2.57. The summed E-state index contributed by atoms with van der Waals surface area (Å²) in [4.78, 5) is 0. The van der Waals surface area contributed by atoms with Gasteiger partial charge in [0, 0.05) is 12.6 Å². The first kappa shape index (κ1) is 11.5. The van der Waals surface area contributed by atoms with Gasteiger partial charge in [0.05, 0.1) is 6.61 Å². The molecule has 2 atom stereocenters. The van der Waals surface area contributed by atoms with Gasteiger partial charge in [-0.2, -0.15) is 0 Å². The summed E-state index contributed by atoms with van der Waals surface area (Å²) in [5.74, 6) is -1.30. The van der Waals surface area contributed by atoms with Gasteiger partial charge in [-0.25, -0.2) is 8.78 Å². The molecule has 4 heteroatoms. The van der Waals surface area contributed by atoms with E-state index in [2.05, 4.69) is 0 Å². The van der Waals surface area contributed by atoms with Crippen LogP contribution in [0.2, 0.25) is 0 Å². The Bertz CT molecular complexity index is 364. The van der Waals surface area contributed by atoms with Crippen molar-refractivity contribution in [2.45, 2.75) is 18.9 Å². The molecule has 1 aliphatic rings. The van der Waals surface area contributed by atoms with Crippen LogP contribution in [0.15, 0.2) is 18.2 Å². The zero-order valence-corrected chi connectivity index (χ0v) is 8.96. The highest BCUT2D eigenvalue weighted by Crippen LogP contribution is 2.19. The van der Waals surface area contributed by atoms with Gasteiger partial charge in [-0.05, 0) is 36.5 Å². The second-order valence-electron chi connectivity index (χ2n) is 4.24. The van der Waals surface area contributed by atoms with Crippen LogP contribution in [0.5, 0.6) is 0 Å². The first-order chi connectivity index (χ1) is 7.66. The highest BCUT2D eigenvalue weighted by molar-refractivity contribution is 5.19. The quantitative estimate of drug-likeness (QED) is 0.855. The third-order valence-electron chi connectivity index (χ3n) is 3.03. The maximum atomic E-state index is 13.0. The lowest BCUT2D eigenvalue weighted by atomic mass is 9.94. The number of nitrogens with two attached hydrogens (primary N) is 1. The molecule has 0 aromatic heterocycles. The normalized spacial score (nSPS) is 22.3. The summed E-state index contributed by atoms with van der Waals surface area (Å²) in [5, 5.41) is 0. The van der Waals surface area contributed by atoms with Crippen LogP contribution in [0.25, 0.3) is 0 Å². The lowest BCUT2D eigenvalue weighted by molar-refractivity contribution is 0.180. The zero-order valence-electron chi connectivity index (χ0n) is 8.96. The van der Waals surface area contributed by atoms with Gasteiger partial charge in [0.2, 0.25) is 0 Å². The zero-order chi connectivity index (χ0) is 11.5. The maximum absolute atomic E-state index is 13.0. The SMILES string of the molecule is N[C@@H](Cc1ccc(F)c(F)c1)[C@@H]1CCOC1. The van der Waals surface area contributed by atoms with Crippen LogP contribution in [0.4, 0.5) is 8.78 Å². The Morgan fingerprint density at radius 3 is 2.81 bits per heavy atom. The van der Waals surface area contributed by atoms with Crippen LogP contribution in [-0.4, -0.2) is 19.3 Å². The van der Waals surface area contributed by atoms with Crippen molar-refractivity contribution >= 4 is 0 Å². The van der Waals surface area contributed by atoms with Gasteiger partial charge >= 0.3 is 0 Å². The minimum absolute atomic E-state index is 0.0487. The first-order valence-corrected chi connectivity index (χ1v) is 5.44. The van der Waals surface area contributed by atoms with Crippen molar-refractivity contribution in [3.05, 3.63) is 35.4 Å². The molecule has 1 fully saturated rings. The summed E-state index contributed by atoms with van der Waals surface area (Å²) < 4.78 is 30.9. The molecule has 1 aromatic rings. The molecule has 88 valence electrons. The fraction of sp³-hybridized carbons (Fsp3) is 0.500. The summed E-state index contributed by atoms with van der Waals surface area (Å²) in [6.45, 7) is 1.42. The van der Waals surface area contributed by atoms with Gasteiger partial charge < -0.3 is 10.5 Å². The van der Waals surface area contributed by atoms with Gasteiger partial charge in [-0.15, -0.1) is 0 Å². The van der Waals surface area contributed by atoms with E-state index in [1.807, 2.05) is 0 Å². The number of ether oxygens (including phenoxy) is 1. The van der Waals surface area contributed by atoms with Crippen LogP contribution in [0.3, 0.4) is 0 Å². The van der Waals surface area contributed by atoms with Gasteiger partial charge in [-0.3, -0.25) is 0 Å². The second kappa shape index (κ2) is 4.89. The average Bonchev–Trinajstić information content (AvgIpc) is 2.77. The molecule has 2 nitrogen and oxygen atoms in total. The van der Waals surface area contributed by atoms with Crippen LogP contribution >= 0.6 is 0 Å². The van der Waals surface area contributed by atoms with Crippen molar-refractivity contribution in [3.8, 4) is 0 Å². The van der Waals surface area contributed by atoms with Crippen molar-refractivity contribution in [2.24, 2.45) is 11.7 Å². The molecule has 0 spiro atoms. The van der Waals surface area contributed by atoms with E-state index in [-0.39, 0.29) is 6.04 Å². The number of hydrogen-bond acceptors (Lipinski definition) is 2. The maximum Gasteiger partial charge on any atom is 0.159 e. The van der Waals surface area contributed by atoms with E-state index in [9.17, 15) is 8.78 Å². The fourth-order valence-corrected chi connectivity index (χ4v) is 2.00. The summed E-state index contributed by atoms with van der Waals surface area (Å²) in [5.41, 5.74) is 6.74. The average molecular weight is 227 g/mol. The largest absolute Gasteiger partial charge is 0.381 e.